The largest absolute Gasteiger partial charge is 0.497 e. The summed E-state index contributed by atoms with van der Waals surface area (Å²) in [4.78, 5) is 37.9. The van der Waals surface area contributed by atoms with Gasteiger partial charge in [0.15, 0.2) is 13.9 Å². The number of hydrogen-bond donors (Lipinski definition) is 4. The Hall–Kier alpha value is -3.58. The number of nitrogens with zero attached hydrogens (tertiary/aromatic N) is 3. The first-order valence-electron chi connectivity index (χ1n) is 13.4. The highest BCUT2D eigenvalue weighted by Crippen LogP contribution is 2.58. The predicted octanol–water partition coefficient (Wildman–Crippen LogP) is 2.91. The van der Waals surface area contributed by atoms with Gasteiger partial charge in [-0.1, -0.05) is 12.1 Å². The highest BCUT2D eigenvalue weighted by Gasteiger charge is 2.64. The van der Waals surface area contributed by atoms with Crippen molar-refractivity contribution in [1.82, 2.24) is 15.0 Å². The predicted molar refractivity (Wildman–Crippen MR) is 151 cm³/mol. The number of aliphatic hydroxyl groups is 1. The minimum atomic E-state index is -2.80. The molecule has 1 aromatic heterocycles. The topological polar surface area (TPSA) is 148 Å². The molecule has 0 radical (unpaired) electrons. The monoisotopic (exact) mass is 565 g/mol. The molecule has 1 fully saturated rings. The number of amides is 2. The number of carbonyl (C=O) groups excluding carboxylic acids is 2. The van der Waals surface area contributed by atoms with E-state index in [1.807, 2.05) is 20.0 Å². The highest BCUT2D eigenvalue weighted by atomic mass is 28.4. The van der Waals surface area contributed by atoms with E-state index in [-0.39, 0.29) is 29.9 Å². The number of anilines is 2. The van der Waals surface area contributed by atoms with Crippen LogP contribution in [0.4, 0.5) is 11.4 Å². The summed E-state index contributed by atoms with van der Waals surface area (Å²) < 4.78 is 13.5. The molecule has 12 heteroatoms. The lowest BCUT2D eigenvalue weighted by atomic mass is 9.82. The highest BCUT2D eigenvalue weighted by molar-refractivity contribution is 6.71. The second kappa shape index (κ2) is 10.8. The molecule has 0 aliphatic carbocycles. The van der Waals surface area contributed by atoms with Crippen LogP contribution in [0.3, 0.4) is 0 Å². The first-order chi connectivity index (χ1) is 19.1. The number of aliphatic hydroxyl groups excluding tert-OH is 1. The zero-order valence-corrected chi connectivity index (χ0v) is 24.0. The third-order valence-corrected chi connectivity index (χ3v) is 10.4. The van der Waals surface area contributed by atoms with Crippen LogP contribution in [0, 0.1) is 5.92 Å². The van der Waals surface area contributed by atoms with Crippen molar-refractivity contribution in [3.63, 3.8) is 0 Å². The molecule has 2 aliphatic heterocycles. The molecule has 11 nitrogen and oxygen atoms in total. The fourth-order valence-corrected chi connectivity index (χ4v) is 8.73. The molecule has 4 N–H and O–H groups in total. The van der Waals surface area contributed by atoms with Gasteiger partial charge in [0, 0.05) is 59.7 Å². The number of hydrogen-bond acceptors (Lipinski definition) is 8. The maximum atomic E-state index is 13.6. The molecule has 1 spiro atoms. The zero-order valence-electron chi connectivity index (χ0n) is 23.0. The first kappa shape index (κ1) is 28.0. The number of rotatable bonds is 9. The molecule has 1 saturated heterocycles. The summed E-state index contributed by atoms with van der Waals surface area (Å²) >= 11 is 0. The van der Waals surface area contributed by atoms with Gasteiger partial charge < -0.3 is 30.0 Å². The molecular weight excluding hydrogens is 530 g/mol. The normalized spacial score (nSPS) is 23.8. The summed E-state index contributed by atoms with van der Waals surface area (Å²) in [6.07, 6.45) is 2.33. The summed E-state index contributed by atoms with van der Waals surface area (Å²) in [5.74, 6) is -0.228. The Morgan fingerprint density at radius 2 is 2.00 bits per heavy atom. The Balaban J connectivity index is 1.42. The molecule has 2 amide bonds. The minimum absolute atomic E-state index is 0.00605. The second-order valence-corrected chi connectivity index (χ2v) is 15.0. The maximum absolute atomic E-state index is 13.6. The van der Waals surface area contributed by atoms with Crippen molar-refractivity contribution in [2.24, 2.45) is 5.92 Å². The lowest BCUT2D eigenvalue weighted by Gasteiger charge is -2.32. The van der Waals surface area contributed by atoms with Crippen LogP contribution < -0.4 is 15.4 Å². The standard InChI is InChI=1S/C28H35N5O6Si/c1-17-25(40(3,4)37)24(11-13-33-16-20(12-14-34)31-32-33)39-28(17)22-15-19(7-10-23(22)30-27(28)36)29-26(35)18-5-8-21(38-2)9-6-18/h5-10,15-17,24-25,34,37H,11-14H2,1-4H3,(H,29,35)(H,30,36)/t17-,24+,25-,28+/m0/s1. The lowest BCUT2D eigenvalue weighted by Crippen LogP contribution is -2.43. The van der Waals surface area contributed by atoms with Gasteiger partial charge in [0.2, 0.25) is 0 Å². The van der Waals surface area contributed by atoms with E-state index in [0.29, 0.717) is 53.3 Å². The second-order valence-electron chi connectivity index (χ2n) is 11.0. The Labute approximate surface area is 233 Å². The van der Waals surface area contributed by atoms with Gasteiger partial charge in [0.05, 0.1) is 18.9 Å². The molecule has 2 aromatic carbocycles. The van der Waals surface area contributed by atoms with Crippen LogP contribution >= 0.6 is 0 Å². The summed E-state index contributed by atoms with van der Waals surface area (Å²) in [7, 11) is -1.23. The van der Waals surface area contributed by atoms with Gasteiger partial charge in [0.25, 0.3) is 11.8 Å². The third kappa shape index (κ3) is 5.03. The van der Waals surface area contributed by atoms with Crippen LogP contribution in [0.25, 0.3) is 0 Å². The van der Waals surface area contributed by atoms with Crippen LogP contribution in [-0.2, 0) is 28.1 Å². The van der Waals surface area contributed by atoms with Crippen LogP contribution in [0.15, 0.2) is 48.7 Å². The van der Waals surface area contributed by atoms with Gasteiger partial charge in [0.1, 0.15) is 5.75 Å². The van der Waals surface area contributed by atoms with Crippen molar-refractivity contribution in [1.29, 1.82) is 0 Å². The Morgan fingerprint density at radius 1 is 1.25 bits per heavy atom. The van der Waals surface area contributed by atoms with E-state index < -0.39 is 20.0 Å². The average Bonchev–Trinajstić information content (AvgIpc) is 3.58. The maximum Gasteiger partial charge on any atom is 0.261 e. The third-order valence-electron chi connectivity index (χ3n) is 7.95. The van der Waals surface area contributed by atoms with Gasteiger partial charge >= 0.3 is 0 Å². The Morgan fingerprint density at radius 3 is 2.67 bits per heavy atom. The number of nitrogens with one attached hydrogen (secondary N) is 2. The van der Waals surface area contributed by atoms with Crippen LogP contribution in [-0.4, -0.2) is 64.8 Å². The molecule has 5 rings (SSSR count). The van der Waals surface area contributed by atoms with E-state index in [0.717, 1.165) is 0 Å². The number of aryl methyl sites for hydroxylation is 1. The Kier molecular flexibility index (Phi) is 7.53. The number of methoxy groups -OCH3 is 1. The van der Waals surface area contributed by atoms with Gasteiger partial charge in [-0.05, 0) is 62.0 Å². The van der Waals surface area contributed by atoms with Crippen molar-refractivity contribution in [3.8, 4) is 5.75 Å². The molecule has 0 unspecified atom stereocenters. The van der Waals surface area contributed by atoms with Gasteiger partial charge in [-0.2, -0.15) is 0 Å². The molecular formula is C28H35N5O6Si. The van der Waals surface area contributed by atoms with E-state index in [2.05, 4.69) is 20.9 Å². The van der Waals surface area contributed by atoms with Crippen molar-refractivity contribution in [2.75, 3.05) is 24.4 Å². The smallest absolute Gasteiger partial charge is 0.261 e. The number of ether oxygens (including phenoxy) is 2. The number of fused-ring (bicyclic) bond motifs is 2. The van der Waals surface area contributed by atoms with Crippen LogP contribution in [0.2, 0.25) is 18.6 Å². The summed E-state index contributed by atoms with van der Waals surface area (Å²) in [5, 5.41) is 23.3. The molecule has 3 aromatic rings. The molecule has 0 saturated carbocycles. The lowest BCUT2D eigenvalue weighted by molar-refractivity contribution is -0.143. The quantitative estimate of drug-likeness (QED) is 0.290. The molecule has 3 heterocycles. The van der Waals surface area contributed by atoms with Gasteiger partial charge in [-0.15, -0.1) is 5.10 Å². The van der Waals surface area contributed by atoms with Crippen molar-refractivity contribution >= 4 is 31.5 Å². The van der Waals surface area contributed by atoms with Crippen molar-refractivity contribution in [3.05, 3.63) is 65.5 Å². The molecule has 212 valence electrons. The number of benzene rings is 2. The van der Waals surface area contributed by atoms with E-state index in [1.54, 1.807) is 60.5 Å². The van der Waals surface area contributed by atoms with Crippen LogP contribution in [0.1, 0.15) is 35.0 Å². The van der Waals surface area contributed by atoms with E-state index in [1.165, 1.54) is 0 Å². The van der Waals surface area contributed by atoms with Gasteiger partial charge in [-0.3, -0.25) is 14.3 Å². The van der Waals surface area contributed by atoms with Crippen molar-refractivity contribution in [2.45, 2.75) is 56.7 Å². The van der Waals surface area contributed by atoms with E-state index in [9.17, 15) is 14.4 Å². The zero-order chi connectivity index (χ0) is 28.7. The number of carbonyl (C=O) groups is 2. The molecule has 4 atom stereocenters. The summed E-state index contributed by atoms with van der Waals surface area (Å²) in [6, 6.07) is 12.1. The summed E-state index contributed by atoms with van der Waals surface area (Å²) in [5.41, 5.74) is 1.44. The molecule has 40 heavy (non-hydrogen) atoms. The first-order valence-corrected chi connectivity index (χ1v) is 16.4. The fraction of sp³-hybridized carbons (Fsp3) is 0.429. The Bertz CT molecular complexity index is 1400. The van der Waals surface area contributed by atoms with Gasteiger partial charge in [-0.25, -0.2) is 0 Å². The number of aromatic nitrogens is 3. The summed E-state index contributed by atoms with van der Waals surface area (Å²) in [6.45, 7) is 6.18. The fourth-order valence-electron chi connectivity index (χ4n) is 6.13. The molecule has 0 bridgehead atoms. The van der Waals surface area contributed by atoms with E-state index in [4.69, 9.17) is 14.6 Å². The molecule has 2 aliphatic rings. The SMILES string of the molecule is COc1ccc(C(=O)Nc2ccc3c(c2)[C@@]2(O[C@H](CCn4cc(CCO)nn4)[C@@H]([Si](C)(C)O)[C@@H]2C)C(=O)N3)cc1. The van der Waals surface area contributed by atoms with Crippen molar-refractivity contribution < 1.29 is 29.0 Å². The minimum Gasteiger partial charge on any atom is -0.497 e. The van der Waals surface area contributed by atoms with Crippen LogP contribution in [0.5, 0.6) is 5.75 Å². The van der Waals surface area contributed by atoms with E-state index >= 15 is 0 Å². The average molecular weight is 566 g/mol.